The van der Waals surface area contributed by atoms with Gasteiger partial charge in [0.1, 0.15) is 6.04 Å². The summed E-state index contributed by atoms with van der Waals surface area (Å²) in [6.07, 6.45) is 11.3. The molecule has 0 spiro atoms. The average Bonchev–Trinajstić information content (AvgIpc) is 2.68. The lowest BCUT2D eigenvalue weighted by Gasteiger charge is -2.41. The van der Waals surface area contributed by atoms with Crippen molar-refractivity contribution in [2.75, 3.05) is 23.3 Å². The maximum atomic E-state index is 12.5. The molecule has 0 saturated carbocycles. The van der Waals surface area contributed by atoms with Crippen LogP contribution in [0.1, 0.15) is 61.7 Å². The Bertz CT molecular complexity index is 741. The fourth-order valence-corrected chi connectivity index (χ4v) is 4.31. The number of carbonyl (C=O) groups excluding carboxylic acids is 2. The molecular weight excluding hydrogens is 326 g/mol. The van der Waals surface area contributed by atoms with Crippen molar-refractivity contribution < 1.29 is 9.59 Å². The summed E-state index contributed by atoms with van der Waals surface area (Å²) in [5.74, 6) is -0.0155. The Morgan fingerprint density at radius 2 is 2.15 bits per heavy atom. The Morgan fingerprint density at radius 3 is 3.00 bits per heavy atom. The Kier molecular flexibility index (Phi) is 4.96. The van der Waals surface area contributed by atoms with Crippen molar-refractivity contribution in [3.63, 3.8) is 0 Å². The van der Waals surface area contributed by atoms with Crippen LogP contribution in [-0.2, 0) is 4.79 Å². The first kappa shape index (κ1) is 17.1. The fourth-order valence-electron chi connectivity index (χ4n) is 4.31. The number of hydrogen-bond acceptors (Lipinski definition) is 3. The van der Waals surface area contributed by atoms with Crippen LogP contribution in [0.2, 0.25) is 0 Å². The van der Waals surface area contributed by atoms with Crippen molar-refractivity contribution in [2.45, 2.75) is 57.4 Å². The Labute approximate surface area is 154 Å². The molecule has 5 nitrogen and oxygen atoms in total. The van der Waals surface area contributed by atoms with Gasteiger partial charge in [0, 0.05) is 18.7 Å². The fraction of sp³-hybridized carbons (Fsp3) is 0.524. The first-order valence-electron chi connectivity index (χ1n) is 9.90. The van der Waals surface area contributed by atoms with Gasteiger partial charge >= 0.3 is 0 Å². The van der Waals surface area contributed by atoms with Crippen molar-refractivity contribution in [1.29, 1.82) is 0 Å². The molecule has 1 aliphatic carbocycles. The van der Waals surface area contributed by atoms with Gasteiger partial charge in [-0.25, -0.2) is 0 Å². The van der Waals surface area contributed by atoms with Crippen LogP contribution in [0.4, 0.5) is 11.4 Å². The van der Waals surface area contributed by atoms with Gasteiger partial charge in [-0.3, -0.25) is 9.59 Å². The molecule has 0 unspecified atom stereocenters. The molecule has 5 heteroatoms. The van der Waals surface area contributed by atoms with E-state index in [1.165, 1.54) is 24.8 Å². The van der Waals surface area contributed by atoms with E-state index < -0.39 is 0 Å². The van der Waals surface area contributed by atoms with Crippen LogP contribution in [0.15, 0.2) is 29.8 Å². The standard InChI is InChI=1S/C21H27N3O2/c25-20(22-12-11-15-6-2-1-3-7-15)16-9-10-18-17(14-16)23-21(26)19-8-4-5-13-24(18)19/h6,9-10,14,19H,1-5,7-8,11-13H2,(H,22,25)(H,23,26)/t19-/m0/s1. The molecule has 3 aliphatic rings. The van der Waals surface area contributed by atoms with Crippen molar-refractivity contribution in [3.05, 3.63) is 35.4 Å². The maximum absolute atomic E-state index is 12.5. The summed E-state index contributed by atoms with van der Waals surface area (Å²) in [5, 5.41) is 6.01. The minimum absolute atomic E-state index is 0.0546. The summed E-state index contributed by atoms with van der Waals surface area (Å²) in [6.45, 7) is 1.58. The lowest BCUT2D eigenvalue weighted by molar-refractivity contribution is -0.118. The zero-order valence-electron chi connectivity index (χ0n) is 15.2. The van der Waals surface area contributed by atoms with Crippen LogP contribution in [0.3, 0.4) is 0 Å². The van der Waals surface area contributed by atoms with Gasteiger partial charge in [0.2, 0.25) is 5.91 Å². The molecule has 138 valence electrons. The van der Waals surface area contributed by atoms with Crippen molar-refractivity contribution in [1.82, 2.24) is 5.32 Å². The second-order valence-corrected chi connectivity index (χ2v) is 7.54. The van der Waals surface area contributed by atoms with E-state index in [-0.39, 0.29) is 17.9 Å². The highest BCUT2D eigenvalue weighted by atomic mass is 16.2. The second-order valence-electron chi connectivity index (χ2n) is 7.54. The number of allylic oxidation sites excluding steroid dienone is 1. The molecule has 4 rings (SSSR count). The maximum Gasteiger partial charge on any atom is 0.251 e. The van der Waals surface area contributed by atoms with E-state index in [0.717, 1.165) is 50.0 Å². The highest BCUT2D eigenvalue weighted by molar-refractivity contribution is 6.05. The third-order valence-corrected chi connectivity index (χ3v) is 5.75. The summed E-state index contributed by atoms with van der Waals surface area (Å²) >= 11 is 0. The van der Waals surface area contributed by atoms with Gasteiger partial charge in [-0.1, -0.05) is 11.6 Å². The smallest absolute Gasteiger partial charge is 0.251 e. The minimum Gasteiger partial charge on any atom is -0.358 e. The number of hydrogen-bond donors (Lipinski definition) is 2. The van der Waals surface area contributed by atoms with E-state index in [1.54, 1.807) is 0 Å². The summed E-state index contributed by atoms with van der Waals surface area (Å²) in [4.78, 5) is 27.0. The molecule has 1 saturated heterocycles. The molecular formula is C21H27N3O2. The summed E-state index contributed by atoms with van der Waals surface area (Å²) in [7, 11) is 0. The monoisotopic (exact) mass is 353 g/mol. The van der Waals surface area contributed by atoms with Crippen LogP contribution in [-0.4, -0.2) is 30.9 Å². The van der Waals surface area contributed by atoms with E-state index in [1.807, 2.05) is 18.2 Å². The highest BCUT2D eigenvalue weighted by Crippen LogP contribution is 2.36. The Morgan fingerprint density at radius 1 is 1.23 bits per heavy atom. The highest BCUT2D eigenvalue weighted by Gasteiger charge is 2.34. The first-order chi connectivity index (χ1) is 12.7. The number of benzene rings is 1. The SMILES string of the molecule is O=C(NCCC1=CCCCC1)c1ccc2c(c1)NC(=O)[C@@H]1CCCCN21. The zero-order valence-corrected chi connectivity index (χ0v) is 15.2. The number of rotatable bonds is 4. The predicted octanol–water partition coefficient (Wildman–Crippen LogP) is 3.62. The third kappa shape index (κ3) is 3.48. The van der Waals surface area contributed by atoms with Gasteiger partial charge in [0.05, 0.1) is 11.4 Å². The van der Waals surface area contributed by atoms with Crippen LogP contribution in [0, 0.1) is 0 Å². The summed E-state index contributed by atoms with van der Waals surface area (Å²) in [5.41, 5.74) is 3.87. The minimum atomic E-state index is -0.0702. The van der Waals surface area contributed by atoms with Crippen molar-refractivity contribution >= 4 is 23.2 Å². The Hall–Kier alpha value is -2.30. The number of amides is 2. The van der Waals surface area contributed by atoms with Crippen molar-refractivity contribution in [2.24, 2.45) is 0 Å². The van der Waals surface area contributed by atoms with Gasteiger partial charge in [-0.2, -0.15) is 0 Å². The summed E-state index contributed by atoms with van der Waals surface area (Å²) < 4.78 is 0. The number of fused-ring (bicyclic) bond motifs is 3. The molecule has 2 heterocycles. The molecule has 26 heavy (non-hydrogen) atoms. The quantitative estimate of drug-likeness (QED) is 0.813. The van der Waals surface area contributed by atoms with Gasteiger partial charge in [0.25, 0.3) is 5.91 Å². The number of nitrogens with zero attached hydrogens (tertiary/aromatic N) is 1. The van der Waals surface area contributed by atoms with Gasteiger partial charge in [-0.15, -0.1) is 0 Å². The lowest BCUT2D eigenvalue weighted by Crippen LogP contribution is -2.50. The van der Waals surface area contributed by atoms with Crippen LogP contribution in [0.25, 0.3) is 0 Å². The largest absolute Gasteiger partial charge is 0.358 e. The zero-order chi connectivity index (χ0) is 17.9. The molecule has 1 aromatic rings. The molecule has 1 atom stereocenters. The van der Waals surface area contributed by atoms with Crippen molar-refractivity contribution in [3.8, 4) is 0 Å². The van der Waals surface area contributed by atoms with Crippen LogP contribution >= 0.6 is 0 Å². The van der Waals surface area contributed by atoms with E-state index >= 15 is 0 Å². The second kappa shape index (κ2) is 7.52. The molecule has 2 aliphatic heterocycles. The molecule has 1 fully saturated rings. The molecule has 2 N–H and O–H groups in total. The topological polar surface area (TPSA) is 61.4 Å². The van der Waals surface area contributed by atoms with E-state index in [2.05, 4.69) is 21.6 Å². The van der Waals surface area contributed by atoms with Crippen LogP contribution < -0.4 is 15.5 Å². The van der Waals surface area contributed by atoms with E-state index in [9.17, 15) is 9.59 Å². The lowest BCUT2D eigenvalue weighted by atomic mass is 9.96. The normalized spacial score (nSPS) is 22.0. The van der Waals surface area contributed by atoms with Gasteiger partial charge in [0.15, 0.2) is 0 Å². The summed E-state index contributed by atoms with van der Waals surface area (Å²) in [6, 6.07) is 5.61. The first-order valence-corrected chi connectivity index (χ1v) is 9.90. The number of piperidine rings is 1. The van der Waals surface area contributed by atoms with E-state index in [4.69, 9.17) is 0 Å². The van der Waals surface area contributed by atoms with E-state index in [0.29, 0.717) is 12.1 Å². The van der Waals surface area contributed by atoms with Crippen LogP contribution in [0.5, 0.6) is 0 Å². The molecule has 1 aromatic carbocycles. The Balaban J connectivity index is 1.42. The molecule has 0 radical (unpaired) electrons. The predicted molar refractivity (Wildman–Crippen MR) is 104 cm³/mol. The van der Waals surface area contributed by atoms with Gasteiger partial charge in [-0.05, 0) is 69.6 Å². The number of carbonyl (C=O) groups is 2. The third-order valence-electron chi connectivity index (χ3n) is 5.75. The number of anilines is 2. The van der Waals surface area contributed by atoms with Gasteiger partial charge < -0.3 is 15.5 Å². The molecule has 0 bridgehead atoms. The number of nitrogens with one attached hydrogen (secondary N) is 2. The molecule has 0 aromatic heterocycles. The molecule has 2 amide bonds. The average molecular weight is 353 g/mol.